The normalized spacial score (nSPS) is 12.7. The molecule has 33 heavy (non-hydrogen) atoms. The molecule has 0 radical (unpaired) electrons. The zero-order valence-electron chi connectivity index (χ0n) is 18.8. The first kappa shape index (κ1) is 22.2. The number of carbonyl (C=O) groups excluding carboxylic acids is 1. The summed E-state index contributed by atoms with van der Waals surface area (Å²) in [4.78, 5) is 23.0. The molecule has 1 aliphatic rings. The molecule has 1 amide bonds. The Kier molecular flexibility index (Phi) is 6.23. The number of nitrogens with zero attached hydrogens (tertiary/aromatic N) is 3. The van der Waals surface area contributed by atoms with Crippen molar-refractivity contribution in [3.8, 4) is 16.9 Å². The van der Waals surface area contributed by atoms with Crippen LogP contribution >= 0.6 is 0 Å². The van der Waals surface area contributed by atoms with Gasteiger partial charge >= 0.3 is 0 Å². The van der Waals surface area contributed by atoms with E-state index in [2.05, 4.69) is 9.84 Å². The molecule has 1 heterocycles. The number of hydrogen-bond donors (Lipinski definition) is 0. The summed E-state index contributed by atoms with van der Waals surface area (Å²) in [7, 11) is 1.76. The Bertz CT molecular complexity index is 1290. The van der Waals surface area contributed by atoms with E-state index in [0.29, 0.717) is 35.7 Å². The van der Waals surface area contributed by atoms with Crippen LogP contribution in [0.4, 0.5) is 10.1 Å². The molecule has 0 bridgehead atoms. The van der Waals surface area contributed by atoms with Crippen LogP contribution in [0, 0.1) is 12.4 Å². The SMILES string of the molecule is [C-]#[N+]c1ccc(C(C)N(C)C(=O)c2ccc(-c3cccc(F)c3)c(OCC)c2)c2c1C=NC2. The summed E-state index contributed by atoms with van der Waals surface area (Å²) in [6.45, 7) is 12.1. The van der Waals surface area contributed by atoms with Crippen molar-refractivity contribution < 1.29 is 13.9 Å². The molecule has 0 spiro atoms. The Morgan fingerprint density at radius 2 is 2.06 bits per heavy atom. The van der Waals surface area contributed by atoms with Crippen molar-refractivity contribution >= 4 is 17.8 Å². The molecule has 0 aromatic heterocycles. The van der Waals surface area contributed by atoms with Gasteiger partial charge in [0.25, 0.3) is 5.91 Å². The minimum atomic E-state index is -0.329. The first-order valence-electron chi connectivity index (χ1n) is 10.8. The number of amides is 1. The maximum atomic E-state index is 13.7. The minimum absolute atomic E-state index is 0.156. The molecule has 0 N–H and O–H groups in total. The third-order valence-electron chi connectivity index (χ3n) is 5.98. The van der Waals surface area contributed by atoms with Crippen molar-refractivity contribution in [2.24, 2.45) is 4.99 Å². The number of rotatable bonds is 6. The Morgan fingerprint density at radius 1 is 1.24 bits per heavy atom. The molecule has 0 aliphatic carbocycles. The lowest BCUT2D eigenvalue weighted by Gasteiger charge is -2.27. The van der Waals surface area contributed by atoms with Gasteiger partial charge in [-0.1, -0.05) is 24.3 Å². The van der Waals surface area contributed by atoms with Crippen LogP contribution in [0.15, 0.2) is 59.6 Å². The molecule has 1 aliphatic heterocycles. The van der Waals surface area contributed by atoms with Gasteiger partial charge in [-0.25, -0.2) is 9.24 Å². The highest BCUT2D eigenvalue weighted by Crippen LogP contribution is 2.35. The number of aliphatic imine (C=N–C) groups is 1. The van der Waals surface area contributed by atoms with E-state index < -0.39 is 0 Å². The van der Waals surface area contributed by atoms with Crippen molar-refractivity contribution in [1.29, 1.82) is 0 Å². The molecule has 3 aromatic carbocycles. The first-order chi connectivity index (χ1) is 15.9. The lowest BCUT2D eigenvalue weighted by molar-refractivity contribution is 0.0741. The highest BCUT2D eigenvalue weighted by atomic mass is 19.1. The maximum Gasteiger partial charge on any atom is 0.254 e. The van der Waals surface area contributed by atoms with E-state index in [1.54, 1.807) is 48.5 Å². The van der Waals surface area contributed by atoms with Crippen LogP contribution in [0.25, 0.3) is 16.0 Å². The first-order valence-corrected chi connectivity index (χ1v) is 10.8. The van der Waals surface area contributed by atoms with Crippen molar-refractivity contribution in [2.45, 2.75) is 26.4 Å². The summed E-state index contributed by atoms with van der Waals surface area (Å²) in [5, 5.41) is 0. The number of ether oxygens (including phenoxy) is 1. The fraction of sp³-hybridized carbons (Fsp3) is 0.222. The van der Waals surface area contributed by atoms with Crippen LogP contribution in [0.5, 0.6) is 5.75 Å². The van der Waals surface area contributed by atoms with Crippen LogP contribution in [-0.2, 0) is 6.54 Å². The Morgan fingerprint density at radius 3 is 2.79 bits per heavy atom. The van der Waals surface area contributed by atoms with Gasteiger partial charge in [-0.05, 0) is 60.9 Å². The second-order valence-corrected chi connectivity index (χ2v) is 7.89. The van der Waals surface area contributed by atoms with E-state index in [-0.39, 0.29) is 17.8 Å². The summed E-state index contributed by atoms with van der Waals surface area (Å²) >= 11 is 0. The molecule has 6 heteroatoms. The molecule has 0 saturated heterocycles. The number of carbonyl (C=O) groups is 1. The highest BCUT2D eigenvalue weighted by molar-refractivity contribution is 5.96. The minimum Gasteiger partial charge on any atom is -0.493 e. The summed E-state index contributed by atoms with van der Waals surface area (Å²) < 4.78 is 19.5. The molecule has 4 rings (SSSR count). The predicted molar refractivity (Wildman–Crippen MR) is 128 cm³/mol. The molecule has 166 valence electrons. The van der Waals surface area contributed by atoms with E-state index >= 15 is 0 Å². The molecular formula is C27H24FN3O2. The molecule has 1 unspecified atom stereocenters. The van der Waals surface area contributed by atoms with Crippen molar-refractivity contribution in [1.82, 2.24) is 4.90 Å². The fourth-order valence-corrected chi connectivity index (χ4v) is 4.12. The van der Waals surface area contributed by atoms with Gasteiger partial charge in [0, 0.05) is 30.0 Å². The van der Waals surface area contributed by atoms with Crippen LogP contribution in [0.2, 0.25) is 0 Å². The standard InChI is InChI=1S/C27H24FN3O2/c1-5-33-26-14-19(9-10-22(26)18-7-6-8-20(28)13-18)27(32)31(4)17(2)21-11-12-25(29-3)24-16-30-15-23(21)24/h6-14,16-17H,5,15H2,1-2,4H3. The number of hydrogen-bond acceptors (Lipinski definition) is 3. The third-order valence-corrected chi connectivity index (χ3v) is 5.98. The zero-order chi connectivity index (χ0) is 23.5. The quantitative estimate of drug-likeness (QED) is 0.427. The monoisotopic (exact) mass is 441 g/mol. The van der Waals surface area contributed by atoms with Gasteiger partial charge in [0.2, 0.25) is 0 Å². The molecule has 0 saturated carbocycles. The van der Waals surface area contributed by atoms with Crippen molar-refractivity contribution in [3.05, 3.63) is 94.1 Å². The third kappa shape index (κ3) is 4.22. The van der Waals surface area contributed by atoms with Gasteiger partial charge in [-0.2, -0.15) is 0 Å². The van der Waals surface area contributed by atoms with E-state index in [1.807, 2.05) is 26.0 Å². The molecule has 1 atom stereocenters. The largest absolute Gasteiger partial charge is 0.493 e. The average Bonchev–Trinajstić information content (AvgIpc) is 3.32. The maximum absolute atomic E-state index is 13.7. The van der Waals surface area contributed by atoms with Crippen molar-refractivity contribution in [3.63, 3.8) is 0 Å². The molecule has 5 nitrogen and oxygen atoms in total. The van der Waals surface area contributed by atoms with E-state index in [4.69, 9.17) is 11.3 Å². The number of fused-ring (bicyclic) bond motifs is 1. The Hall–Kier alpha value is -3.98. The molecular weight excluding hydrogens is 417 g/mol. The number of halogens is 1. The lowest BCUT2D eigenvalue weighted by atomic mass is 9.95. The van der Waals surface area contributed by atoms with Crippen molar-refractivity contribution in [2.75, 3.05) is 13.7 Å². The van der Waals surface area contributed by atoms with Gasteiger partial charge in [-0.3, -0.25) is 9.79 Å². The number of benzene rings is 3. The topological polar surface area (TPSA) is 46.3 Å². The van der Waals surface area contributed by atoms with E-state index in [1.165, 1.54) is 12.1 Å². The van der Waals surface area contributed by atoms with Gasteiger partial charge in [0.05, 0.1) is 25.8 Å². The summed E-state index contributed by atoms with van der Waals surface area (Å²) in [5.41, 5.74) is 5.29. The zero-order valence-corrected chi connectivity index (χ0v) is 18.8. The van der Waals surface area contributed by atoms with Gasteiger partial charge in [0.1, 0.15) is 11.6 Å². The van der Waals surface area contributed by atoms with Gasteiger partial charge in [-0.15, -0.1) is 0 Å². The fourth-order valence-electron chi connectivity index (χ4n) is 4.12. The van der Waals surface area contributed by atoms with Crippen LogP contribution in [0.1, 0.15) is 46.9 Å². The van der Waals surface area contributed by atoms with E-state index in [0.717, 1.165) is 22.3 Å². The predicted octanol–water partition coefficient (Wildman–Crippen LogP) is 6.21. The Balaban J connectivity index is 1.65. The van der Waals surface area contributed by atoms with Crippen LogP contribution < -0.4 is 4.74 Å². The van der Waals surface area contributed by atoms with Crippen LogP contribution in [0.3, 0.4) is 0 Å². The van der Waals surface area contributed by atoms with Gasteiger partial charge in [0.15, 0.2) is 5.69 Å². The lowest BCUT2D eigenvalue weighted by Crippen LogP contribution is -2.30. The summed E-state index contributed by atoms with van der Waals surface area (Å²) in [5.74, 6) is 0.0475. The second-order valence-electron chi connectivity index (χ2n) is 7.89. The second kappa shape index (κ2) is 9.25. The van der Waals surface area contributed by atoms with E-state index in [9.17, 15) is 9.18 Å². The van der Waals surface area contributed by atoms with Gasteiger partial charge < -0.3 is 9.64 Å². The molecule has 3 aromatic rings. The summed E-state index contributed by atoms with van der Waals surface area (Å²) in [6, 6.07) is 15.0. The smallest absolute Gasteiger partial charge is 0.254 e. The Labute approximate surface area is 193 Å². The summed E-state index contributed by atoms with van der Waals surface area (Å²) in [6.07, 6.45) is 1.74. The van der Waals surface area contributed by atoms with Crippen LogP contribution in [-0.4, -0.2) is 30.7 Å². The average molecular weight is 442 g/mol. The highest BCUT2D eigenvalue weighted by Gasteiger charge is 2.25. The molecule has 0 fully saturated rings.